The first-order valence-corrected chi connectivity index (χ1v) is 15.4. The number of thiazole rings is 1. The van der Waals surface area contributed by atoms with Gasteiger partial charge in [-0.3, -0.25) is 9.36 Å². The van der Waals surface area contributed by atoms with Crippen LogP contribution in [0.3, 0.4) is 0 Å². The fourth-order valence-corrected chi connectivity index (χ4v) is 6.40. The molecule has 0 unspecified atom stereocenters. The minimum Gasteiger partial charge on any atom is -0.496 e. The number of nitrogens with zero attached hydrogens (tertiary/aromatic N) is 2. The number of aromatic nitrogens is 1. The number of halogens is 2. The third kappa shape index (κ3) is 5.61. The molecule has 0 amide bonds. The SMILES string of the molecule is CCCC1=C(C(=O)OCC)[C@@H](c2cc(Br)ccc2OC)n2c(s/c(=C/c3ccc(-c4ccc(I)cc4)o3)c2=O)=N1. The van der Waals surface area contributed by atoms with Crippen molar-refractivity contribution >= 4 is 61.9 Å². The van der Waals surface area contributed by atoms with Crippen LogP contribution < -0.4 is 19.6 Å². The van der Waals surface area contributed by atoms with Crippen molar-refractivity contribution in [2.24, 2.45) is 4.99 Å². The highest BCUT2D eigenvalue weighted by molar-refractivity contribution is 14.1. The maximum absolute atomic E-state index is 14.0. The van der Waals surface area contributed by atoms with Gasteiger partial charge >= 0.3 is 5.97 Å². The monoisotopic (exact) mass is 732 g/mol. The first-order chi connectivity index (χ1) is 19.3. The number of hydrogen-bond acceptors (Lipinski definition) is 7. The second kappa shape index (κ2) is 12.3. The third-order valence-electron chi connectivity index (χ3n) is 6.41. The summed E-state index contributed by atoms with van der Waals surface area (Å²) in [5.41, 5.74) is 2.29. The summed E-state index contributed by atoms with van der Waals surface area (Å²) in [6, 6.07) is 16.5. The van der Waals surface area contributed by atoms with Crippen molar-refractivity contribution in [1.29, 1.82) is 0 Å². The summed E-state index contributed by atoms with van der Waals surface area (Å²) in [4.78, 5) is 32.7. The average Bonchev–Trinajstić information content (AvgIpc) is 3.53. The lowest BCUT2D eigenvalue weighted by atomic mass is 9.93. The number of methoxy groups -OCH3 is 1. The van der Waals surface area contributed by atoms with E-state index in [-0.39, 0.29) is 12.2 Å². The van der Waals surface area contributed by atoms with E-state index in [0.717, 1.165) is 20.0 Å². The van der Waals surface area contributed by atoms with Gasteiger partial charge in [0, 0.05) is 25.2 Å². The zero-order chi connectivity index (χ0) is 28.4. The van der Waals surface area contributed by atoms with Crippen molar-refractivity contribution in [2.45, 2.75) is 32.7 Å². The Morgan fingerprint density at radius 3 is 2.65 bits per heavy atom. The van der Waals surface area contributed by atoms with Gasteiger partial charge in [0.05, 0.1) is 29.5 Å². The van der Waals surface area contributed by atoms with E-state index in [1.807, 2.05) is 61.5 Å². The Morgan fingerprint density at radius 1 is 1.18 bits per heavy atom. The lowest BCUT2D eigenvalue weighted by molar-refractivity contribution is -0.139. The number of ether oxygens (including phenoxy) is 2. The lowest BCUT2D eigenvalue weighted by Gasteiger charge is -2.27. The lowest BCUT2D eigenvalue weighted by Crippen LogP contribution is -2.40. The Morgan fingerprint density at radius 2 is 1.95 bits per heavy atom. The molecule has 7 nitrogen and oxygen atoms in total. The summed E-state index contributed by atoms with van der Waals surface area (Å²) in [6.45, 7) is 3.99. The second-order valence-corrected chi connectivity index (χ2v) is 12.2. The molecule has 206 valence electrons. The van der Waals surface area contributed by atoms with E-state index >= 15 is 0 Å². The Kier molecular flexibility index (Phi) is 8.77. The highest BCUT2D eigenvalue weighted by Crippen LogP contribution is 2.38. The van der Waals surface area contributed by atoms with E-state index in [0.29, 0.717) is 49.9 Å². The van der Waals surface area contributed by atoms with Gasteiger partial charge in [0.1, 0.15) is 23.3 Å². The largest absolute Gasteiger partial charge is 0.496 e. The maximum atomic E-state index is 14.0. The first-order valence-electron chi connectivity index (χ1n) is 12.8. The summed E-state index contributed by atoms with van der Waals surface area (Å²) in [7, 11) is 1.57. The summed E-state index contributed by atoms with van der Waals surface area (Å²) < 4.78 is 21.2. The Hall–Kier alpha value is -2.96. The van der Waals surface area contributed by atoms with Crippen LogP contribution in [0, 0.1) is 3.57 Å². The molecular formula is C30H26BrIN2O5S. The number of hydrogen-bond donors (Lipinski definition) is 0. The van der Waals surface area contributed by atoms with Gasteiger partial charge in [0.15, 0.2) is 4.80 Å². The van der Waals surface area contributed by atoms with Crippen LogP contribution in [-0.4, -0.2) is 24.3 Å². The maximum Gasteiger partial charge on any atom is 0.338 e. The van der Waals surface area contributed by atoms with E-state index in [2.05, 4.69) is 38.5 Å². The van der Waals surface area contributed by atoms with Crippen LogP contribution in [0.5, 0.6) is 5.75 Å². The molecule has 4 aromatic rings. The molecule has 1 atom stereocenters. The number of esters is 1. The van der Waals surface area contributed by atoms with E-state index in [4.69, 9.17) is 18.9 Å². The zero-order valence-electron chi connectivity index (χ0n) is 22.1. The summed E-state index contributed by atoms with van der Waals surface area (Å²) in [5.74, 6) is 1.32. The highest BCUT2D eigenvalue weighted by atomic mass is 127. The number of fused-ring (bicyclic) bond motifs is 1. The number of rotatable bonds is 8. The Bertz CT molecular complexity index is 1790. The van der Waals surface area contributed by atoms with Crippen LogP contribution in [0.2, 0.25) is 0 Å². The van der Waals surface area contributed by atoms with Gasteiger partial charge in [-0.2, -0.15) is 0 Å². The zero-order valence-corrected chi connectivity index (χ0v) is 26.6. The van der Waals surface area contributed by atoms with Crippen LogP contribution in [0.15, 0.2) is 84.5 Å². The Labute approximate surface area is 257 Å². The number of allylic oxidation sites excluding steroid dienone is 1. The molecule has 2 aromatic heterocycles. The van der Waals surface area contributed by atoms with Crippen LogP contribution >= 0.6 is 49.9 Å². The van der Waals surface area contributed by atoms with Crippen molar-refractivity contribution < 1.29 is 18.7 Å². The van der Waals surface area contributed by atoms with Crippen LogP contribution in [-0.2, 0) is 9.53 Å². The van der Waals surface area contributed by atoms with Gasteiger partial charge in [-0.1, -0.05) is 52.7 Å². The van der Waals surface area contributed by atoms with E-state index in [1.165, 1.54) is 11.3 Å². The third-order valence-corrected chi connectivity index (χ3v) is 8.60. The molecule has 0 N–H and O–H groups in total. The van der Waals surface area contributed by atoms with Gasteiger partial charge in [-0.05, 0) is 78.4 Å². The van der Waals surface area contributed by atoms with Crippen LogP contribution in [0.1, 0.15) is 44.1 Å². The standard InChI is InChI=1S/C30H26BrIN2O5S/c1-4-6-22-26(29(36)38-5-2)27(21-15-18(31)9-13-24(21)37-3)34-28(35)25(40-30(34)33-22)16-20-12-14-23(39-20)17-7-10-19(32)11-8-17/h7-16,27H,4-6H2,1-3H3/b25-16+/t27-/m1/s1. The van der Waals surface area contributed by atoms with Gasteiger partial charge in [0.2, 0.25) is 0 Å². The molecule has 0 fully saturated rings. The van der Waals surface area contributed by atoms with Crippen molar-refractivity contribution in [1.82, 2.24) is 4.57 Å². The molecule has 0 saturated heterocycles. The fraction of sp³-hybridized carbons (Fsp3) is 0.233. The first kappa shape index (κ1) is 28.6. The van der Waals surface area contributed by atoms with E-state index in [9.17, 15) is 9.59 Å². The van der Waals surface area contributed by atoms with E-state index < -0.39 is 12.0 Å². The van der Waals surface area contributed by atoms with Crippen molar-refractivity contribution in [3.8, 4) is 17.1 Å². The van der Waals surface area contributed by atoms with Crippen LogP contribution in [0.25, 0.3) is 17.4 Å². The molecule has 5 rings (SSSR count). The molecule has 10 heteroatoms. The van der Waals surface area contributed by atoms with Gasteiger partial charge in [0.25, 0.3) is 5.56 Å². The normalized spacial score (nSPS) is 15.1. The van der Waals surface area contributed by atoms with Crippen LogP contribution in [0.4, 0.5) is 0 Å². The molecule has 3 heterocycles. The van der Waals surface area contributed by atoms with Crippen molar-refractivity contribution in [3.63, 3.8) is 0 Å². The fourth-order valence-electron chi connectivity index (χ4n) is 4.66. The topological polar surface area (TPSA) is 83.0 Å². The summed E-state index contributed by atoms with van der Waals surface area (Å²) in [5, 5.41) is 0. The molecule has 1 aliphatic heterocycles. The molecule has 40 heavy (non-hydrogen) atoms. The molecule has 0 spiro atoms. The van der Waals surface area contributed by atoms with Crippen molar-refractivity contribution in [2.75, 3.05) is 13.7 Å². The summed E-state index contributed by atoms with van der Waals surface area (Å²) in [6.07, 6.45) is 3.05. The number of furan rings is 1. The molecule has 0 bridgehead atoms. The average molecular weight is 733 g/mol. The van der Waals surface area contributed by atoms with Gasteiger partial charge in [-0.25, -0.2) is 9.79 Å². The van der Waals surface area contributed by atoms with Gasteiger partial charge < -0.3 is 13.9 Å². The number of carbonyl (C=O) groups is 1. The quantitative estimate of drug-likeness (QED) is 0.159. The minimum atomic E-state index is -0.773. The molecular weight excluding hydrogens is 707 g/mol. The highest BCUT2D eigenvalue weighted by Gasteiger charge is 2.36. The number of carbonyl (C=O) groups excluding carboxylic acids is 1. The second-order valence-electron chi connectivity index (χ2n) is 9.01. The van der Waals surface area contributed by atoms with Crippen molar-refractivity contribution in [3.05, 3.63) is 105 Å². The number of benzene rings is 2. The molecule has 2 aromatic carbocycles. The smallest absolute Gasteiger partial charge is 0.338 e. The minimum absolute atomic E-state index is 0.204. The van der Waals surface area contributed by atoms with E-state index in [1.54, 1.807) is 24.7 Å². The Balaban J connectivity index is 1.71. The molecule has 0 saturated carbocycles. The molecule has 0 radical (unpaired) electrons. The van der Waals surface area contributed by atoms with Gasteiger partial charge in [-0.15, -0.1) is 0 Å². The molecule has 1 aliphatic rings. The predicted octanol–water partition coefficient (Wildman–Crippen LogP) is 6.21. The molecule has 0 aliphatic carbocycles. The summed E-state index contributed by atoms with van der Waals surface area (Å²) >= 11 is 7.07. The predicted molar refractivity (Wildman–Crippen MR) is 167 cm³/mol.